The molecule has 3 atom stereocenters. The minimum atomic E-state index is -0.699. The summed E-state index contributed by atoms with van der Waals surface area (Å²) in [5, 5.41) is 17.0. The minimum absolute atomic E-state index is 0. The second-order valence-electron chi connectivity index (χ2n) is 11.3. The smallest absolute Gasteiger partial charge is 0.251 e. The van der Waals surface area contributed by atoms with Crippen molar-refractivity contribution in [2.24, 2.45) is 5.92 Å². The standard InChI is InChI=1S/C31H40N6O5.H2S/c1-20-15-37(22(3)38)11-8-28(20)35-30-13-24(6-9-32-30)31(40)33-14-26(39)17-36-10-7-23-12-27(5-4-25(23)16-36)41-18-29-21(2)34-19-42-29;/h4-6,9,12-13,19-20,26,28,39H,7-8,10-11,14-18H2,1-3H3,(H,32,35)(H,33,40);1H2/t20?,26-,28?;/m0./s1. The molecule has 0 radical (unpaired) electrons. The summed E-state index contributed by atoms with van der Waals surface area (Å²) in [6.45, 7) is 9.50. The van der Waals surface area contributed by atoms with Crippen LogP contribution in [0.4, 0.5) is 5.82 Å². The number of aromatic nitrogens is 2. The largest absolute Gasteiger partial charge is 0.486 e. The van der Waals surface area contributed by atoms with E-state index < -0.39 is 6.10 Å². The lowest BCUT2D eigenvalue weighted by atomic mass is 9.93. The summed E-state index contributed by atoms with van der Waals surface area (Å²) >= 11 is 0. The van der Waals surface area contributed by atoms with Gasteiger partial charge >= 0.3 is 0 Å². The van der Waals surface area contributed by atoms with Crippen LogP contribution < -0.4 is 15.4 Å². The summed E-state index contributed by atoms with van der Waals surface area (Å²) in [4.78, 5) is 37.1. The zero-order valence-corrected chi connectivity index (χ0v) is 26.0. The maximum atomic E-state index is 12.9. The first-order valence-electron chi connectivity index (χ1n) is 14.6. The number of benzene rings is 1. The Morgan fingerprint density at radius 1 is 1.19 bits per heavy atom. The molecule has 2 aliphatic heterocycles. The van der Waals surface area contributed by atoms with E-state index in [1.54, 1.807) is 25.3 Å². The van der Waals surface area contributed by atoms with Crippen LogP contribution in [0.3, 0.4) is 0 Å². The number of pyridine rings is 1. The zero-order valence-electron chi connectivity index (χ0n) is 25.0. The number of aliphatic hydroxyl groups excluding tert-OH is 1. The molecule has 2 unspecified atom stereocenters. The second kappa shape index (κ2) is 14.7. The van der Waals surface area contributed by atoms with Gasteiger partial charge in [-0.25, -0.2) is 9.97 Å². The summed E-state index contributed by atoms with van der Waals surface area (Å²) in [5.41, 5.74) is 3.76. The van der Waals surface area contributed by atoms with Gasteiger partial charge in [-0.3, -0.25) is 14.5 Å². The van der Waals surface area contributed by atoms with Crippen LogP contribution in [0.25, 0.3) is 0 Å². The monoisotopic (exact) mass is 610 g/mol. The van der Waals surface area contributed by atoms with Crippen LogP contribution in [0.15, 0.2) is 47.3 Å². The van der Waals surface area contributed by atoms with Crippen LogP contribution in [-0.2, 0) is 24.4 Å². The molecular weight excluding hydrogens is 568 g/mol. The molecule has 5 rings (SSSR count). The van der Waals surface area contributed by atoms with Crippen molar-refractivity contribution < 1.29 is 23.8 Å². The maximum absolute atomic E-state index is 12.9. The van der Waals surface area contributed by atoms with E-state index in [4.69, 9.17) is 9.15 Å². The number of nitrogens with one attached hydrogen (secondary N) is 2. The maximum Gasteiger partial charge on any atom is 0.251 e. The Hall–Kier alpha value is -3.61. The minimum Gasteiger partial charge on any atom is -0.486 e. The number of hydrogen-bond acceptors (Lipinski definition) is 9. The Bertz CT molecular complexity index is 1400. The molecule has 3 N–H and O–H groups in total. The number of amides is 2. The molecule has 2 aromatic heterocycles. The molecule has 0 bridgehead atoms. The number of oxazole rings is 1. The summed E-state index contributed by atoms with van der Waals surface area (Å²) in [7, 11) is 0. The van der Waals surface area contributed by atoms with Crippen molar-refractivity contribution in [1.82, 2.24) is 25.1 Å². The number of β-amino-alcohol motifs (C(OH)–C–C–N with tert-alkyl or cyclic N) is 1. The van der Waals surface area contributed by atoms with Crippen molar-refractivity contribution in [2.45, 2.75) is 58.9 Å². The number of nitrogens with zero attached hydrogens (tertiary/aromatic N) is 4. The number of piperidine rings is 1. The lowest BCUT2D eigenvalue weighted by Crippen LogP contribution is -2.47. The van der Waals surface area contributed by atoms with Gasteiger partial charge in [0.1, 0.15) is 18.2 Å². The van der Waals surface area contributed by atoms with E-state index in [0.717, 1.165) is 43.1 Å². The quantitative estimate of drug-likeness (QED) is 0.317. The number of carbonyl (C=O) groups excluding carboxylic acids is 2. The molecular formula is C31H42N6O5S. The molecule has 232 valence electrons. The molecule has 2 amide bonds. The average molecular weight is 611 g/mol. The van der Waals surface area contributed by atoms with Crippen molar-refractivity contribution in [3.05, 3.63) is 71.1 Å². The van der Waals surface area contributed by atoms with E-state index in [0.29, 0.717) is 37.6 Å². The van der Waals surface area contributed by atoms with E-state index in [9.17, 15) is 14.7 Å². The Labute approximate surface area is 259 Å². The first kappa shape index (κ1) is 32.3. The normalized spacial score (nSPS) is 19.1. The third-order valence-electron chi connectivity index (χ3n) is 8.16. The third-order valence-corrected chi connectivity index (χ3v) is 8.16. The highest BCUT2D eigenvalue weighted by atomic mass is 32.1. The van der Waals surface area contributed by atoms with E-state index in [2.05, 4.69) is 44.6 Å². The van der Waals surface area contributed by atoms with Crippen molar-refractivity contribution in [3.8, 4) is 5.75 Å². The van der Waals surface area contributed by atoms with Gasteiger partial charge in [-0.1, -0.05) is 13.0 Å². The van der Waals surface area contributed by atoms with E-state index in [-0.39, 0.29) is 43.8 Å². The van der Waals surface area contributed by atoms with Crippen LogP contribution in [0.2, 0.25) is 0 Å². The molecule has 1 fully saturated rings. The molecule has 11 nitrogen and oxygen atoms in total. The molecule has 1 saturated heterocycles. The van der Waals surface area contributed by atoms with Gasteiger partial charge in [0, 0.05) is 64.0 Å². The van der Waals surface area contributed by atoms with Crippen LogP contribution in [-0.4, -0.2) is 81.6 Å². The number of likely N-dealkylation sites (tertiary alicyclic amines) is 1. The Kier molecular flexibility index (Phi) is 11.1. The lowest BCUT2D eigenvalue weighted by Gasteiger charge is -2.37. The summed E-state index contributed by atoms with van der Waals surface area (Å²) in [6, 6.07) is 9.67. The van der Waals surface area contributed by atoms with Crippen molar-refractivity contribution >= 4 is 31.1 Å². The highest BCUT2D eigenvalue weighted by molar-refractivity contribution is 7.59. The molecule has 0 aliphatic carbocycles. The SMILES string of the molecule is CC(=O)N1CCC(Nc2cc(C(=O)NC[C@H](O)CN3CCc4cc(OCc5ocnc5C)ccc4C3)ccn2)C(C)C1.S. The summed E-state index contributed by atoms with van der Waals surface area (Å²) in [5.74, 6) is 2.25. The van der Waals surface area contributed by atoms with E-state index >= 15 is 0 Å². The number of fused-ring (bicyclic) bond motifs is 1. The van der Waals surface area contributed by atoms with Crippen LogP contribution >= 0.6 is 13.5 Å². The number of aryl methyl sites for hydroxylation is 1. The highest BCUT2D eigenvalue weighted by Gasteiger charge is 2.27. The van der Waals surface area contributed by atoms with Gasteiger partial charge in [-0.15, -0.1) is 0 Å². The number of rotatable bonds is 10. The van der Waals surface area contributed by atoms with Crippen LogP contribution in [0, 0.1) is 12.8 Å². The first-order valence-corrected chi connectivity index (χ1v) is 14.6. The zero-order chi connectivity index (χ0) is 29.6. The molecule has 43 heavy (non-hydrogen) atoms. The Balaban J connectivity index is 0.00000423. The number of ether oxygens (including phenoxy) is 1. The summed E-state index contributed by atoms with van der Waals surface area (Å²) < 4.78 is 11.2. The van der Waals surface area contributed by atoms with Gasteiger partial charge in [-0.2, -0.15) is 13.5 Å². The fourth-order valence-electron chi connectivity index (χ4n) is 5.61. The predicted octanol–water partition coefficient (Wildman–Crippen LogP) is 2.89. The Morgan fingerprint density at radius 3 is 2.77 bits per heavy atom. The molecule has 4 heterocycles. The van der Waals surface area contributed by atoms with Crippen LogP contribution in [0.5, 0.6) is 5.75 Å². The molecule has 0 saturated carbocycles. The number of carbonyl (C=O) groups is 2. The lowest BCUT2D eigenvalue weighted by molar-refractivity contribution is -0.130. The van der Waals surface area contributed by atoms with Gasteiger partial charge in [0.15, 0.2) is 12.2 Å². The van der Waals surface area contributed by atoms with Gasteiger partial charge in [-0.05, 0) is 61.1 Å². The Morgan fingerprint density at radius 2 is 2.02 bits per heavy atom. The second-order valence-corrected chi connectivity index (χ2v) is 11.3. The van der Waals surface area contributed by atoms with Crippen molar-refractivity contribution in [1.29, 1.82) is 0 Å². The van der Waals surface area contributed by atoms with Gasteiger partial charge in [0.2, 0.25) is 5.91 Å². The first-order chi connectivity index (χ1) is 20.2. The third kappa shape index (κ3) is 8.49. The topological polar surface area (TPSA) is 133 Å². The fourth-order valence-corrected chi connectivity index (χ4v) is 5.61. The average Bonchev–Trinajstić information content (AvgIpc) is 3.40. The van der Waals surface area contributed by atoms with Gasteiger partial charge in [0.25, 0.3) is 5.91 Å². The van der Waals surface area contributed by atoms with Crippen molar-refractivity contribution in [3.63, 3.8) is 0 Å². The molecule has 3 aromatic rings. The molecule has 12 heteroatoms. The molecule has 2 aliphatic rings. The predicted molar refractivity (Wildman–Crippen MR) is 167 cm³/mol. The fraction of sp³-hybridized carbons (Fsp3) is 0.484. The van der Waals surface area contributed by atoms with E-state index in [1.165, 1.54) is 17.5 Å². The molecule has 0 spiro atoms. The van der Waals surface area contributed by atoms with Crippen molar-refractivity contribution in [2.75, 3.05) is 38.0 Å². The van der Waals surface area contributed by atoms with E-state index in [1.807, 2.05) is 17.9 Å². The van der Waals surface area contributed by atoms with Gasteiger partial charge < -0.3 is 29.8 Å². The summed E-state index contributed by atoms with van der Waals surface area (Å²) in [6.07, 6.45) is 4.01. The number of hydrogen-bond donors (Lipinski definition) is 3. The number of aliphatic hydroxyl groups is 1. The molecule has 1 aromatic carbocycles. The number of anilines is 1. The van der Waals surface area contributed by atoms with Crippen LogP contribution in [0.1, 0.15) is 53.2 Å². The highest BCUT2D eigenvalue weighted by Crippen LogP contribution is 2.25. The van der Waals surface area contributed by atoms with Gasteiger partial charge in [0.05, 0.1) is 11.8 Å².